The molecule has 20 heavy (non-hydrogen) atoms. The minimum atomic E-state index is -0.472. The number of hydrogen-bond acceptors (Lipinski definition) is 4. The molecule has 0 atom stereocenters. The molecule has 102 valence electrons. The topological polar surface area (TPSA) is 69.4 Å². The number of nitrogens with zero attached hydrogens (tertiary/aromatic N) is 1. The van der Waals surface area contributed by atoms with E-state index >= 15 is 0 Å². The van der Waals surface area contributed by atoms with E-state index in [1.54, 1.807) is 24.3 Å². The molecule has 0 aromatic heterocycles. The molecule has 0 unspecified atom stereocenters. The maximum absolute atomic E-state index is 11.3. The van der Waals surface area contributed by atoms with Gasteiger partial charge in [-0.15, -0.1) is 0 Å². The summed E-state index contributed by atoms with van der Waals surface area (Å²) in [6.45, 7) is 0. The lowest BCUT2D eigenvalue weighted by atomic mass is 10.0. The third-order valence-corrected chi connectivity index (χ3v) is 3.01. The third kappa shape index (κ3) is 2.78. The first-order valence-electron chi connectivity index (χ1n) is 5.65. The maximum Gasteiger partial charge on any atom is 0.337 e. The van der Waals surface area contributed by atoms with Crippen LogP contribution in [0.25, 0.3) is 11.1 Å². The zero-order chi connectivity index (χ0) is 14.7. The highest BCUT2D eigenvalue weighted by atomic mass is 35.5. The van der Waals surface area contributed by atoms with Crippen molar-refractivity contribution in [3.05, 3.63) is 63.2 Å². The average molecular weight is 292 g/mol. The smallest absolute Gasteiger partial charge is 0.337 e. The maximum atomic E-state index is 11.3. The van der Waals surface area contributed by atoms with Gasteiger partial charge in [-0.1, -0.05) is 23.7 Å². The Balaban J connectivity index is 2.48. The van der Waals surface area contributed by atoms with Gasteiger partial charge in [0.2, 0.25) is 0 Å². The minimum absolute atomic E-state index is 0.0415. The molecule has 2 aromatic carbocycles. The summed E-state index contributed by atoms with van der Waals surface area (Å²) < 4.78 is 4.59. The molecule has 0 fully saturated rings. The van der Waals surface area contributed by atoms with Crippen molar-refractivity contribution < 1.29 is 14.5 Å². The second kappa shape index (κ2) is 5.71. The van der Waals surface area contributed by atoms with Crippen molar-refractivity contribution in [3.63, 3.8) is 0 Å². The molecule has 0 aliphatic heterocycles. The van der Waals surface area contributed by atoms with E-state index in [1.165, 1.54) is 25.3 Å². The molecule has 0 amide bonds. The summed E-state index contributed by atoms with van der Waals surface area (Å²) >= 11 is 5.88. The van der Waals surface area contributed by atoms with Crippen LogP contribution < -0.4 is 0 Å². The van der Waals surface area contributed by atoms with E-state index in [-0.39, 0.29) is 5.69 Å². The zero-order valence-electron chi connectivity index (χ0n) is 10.5. The number of nitro groups is 1. The van der Waals surface area contributed by atoms with Crippen LogP contribution in [0.2, 0.25) is 5.02 Å². The highest BCUT2D eigenvalue weighted by molar-refractivity contribution is 6.31. The molecule has 0 saturated carbocycles. The van der Waals surface area contributed by atoms with Crippen LogP contribution in [0.1, 0.15) is 10.4 Å². The highest BCUT2D eigenvalue weighted by Gasteiger charge is 2.16. The SMILES string of the molecule is COC(=O)c1ccc(-c2cc(Cl)ccc2[N+](=O)[O-])cc1. The number of esters is 1. The van der Waals surface area contributed by atoms with E-state index in [0.717, 1.165) is 0 Å². The van der Waals surface area contributed by atoms with Crippen LogP contribution in [0, 0.1) is 10.1 Å². The van der Waals surface area contributed by atoms with Crippen molar-refractivity contribution in [3.8, 4) is 11.1 Å². The summed E-state index contributed by atoms with van der Waals surface area (Å²) in [6, 6.07) is 10.7. The van der Waals surface area contributed by atoms with Crippen molar-refractivity contribution >= 4 is 23.3 Å². The van der Waals surface area contributed by atoms with Crippen LogP contribution >= 0.6 is 11.6 Å². The van der Waals surface area contributed by atoms with Crippen LogP contribution in [0.3, 0.4) is 0 Å². The van der Waals surface area contributed by atoms with Crippen molar-refractivity contribution in [2.75, 3.05) is 7.11 Å². The van der Waals surface area contributed by atoms with E-state index in [1.807, 2.05) is 0 Å². The van der Waals surface area contributed by atoms with Gasteiger partial charge >= 0.3 is 5.97 Å². The molecule has 0 N–H and O–H groups in total. The summed E-state index contributed by atoms with van der Waals surface area (Å²) in [5, 5.41) is 11.4. The van der Waals surface area contributed by atoms with Gasteiger partial charge in [0, 0.05) is 11.1 Å². The van der Waals surface area contributed by atoms with Gasteiger partial charge in [-0.2, -0.15) is 0 Å². The van der Waals surface area contributed by atoms with E-state index in [9.17, 15) is 14.9 Å². The summed E-state index contributed by atoms with van der Waals surface area (Å²) in [5.74, 6) is -0.461. The fraction of sp³-hybridized carbons (Fsp3) is 0.0714. The number of methoxy groups -OCH3 is 1. The largest absolute Gasteiger partial charge is 0.465 e. The number of hydrogen-bond donors (Lipinski definition) is 0. The monoisotopic (exact) mass is 291 g/mol. The van der Waals surface area contributed by atoms with Gasteiger partial charge in [0.1, 0.15) is 0 Å². The molecule has 2 rings (SSSR count). The van der Waals surface area contributed by atoms with Crippen LogP contribution in [0.5, 0.6) is 0 Å². The second-order valence-electron chi connectivity index (χ2n) is 3.99. The standard InChI is InChI=1S/C14H10ClNO4/c1-20-14(17)10-4-2-9(3-5-10)12-8-11(15)6-7-13(12)16(18)19/h2-8H,1H3. The quantitative estimate of drug-likeness (QED) is 0.491. The van der Waals surface area contributed by atoms with Gasteiger partial charge in [0.15, 0.2) is 0 Å². The molecular weight excluding hydrogens is 282 g/mol. The van der Waals surface area contributed by atoms with Gasteiger partial charge < -0.3 is 4.74 Å². The number of rotatable bonds is 3. The van der Waals surface area contributed by atoms with E-state index in [2.05, 4.69) is 4.74 Å². The molecule has 2 aromatic rings. The Kier molecular flexibility index (Phi) is 4.00. The number of ether oxygens (including phenoxy) is 1. The second-order valence-corrected chi connectivity index (χ2v) is 4.42. The normalized spacial score (nSPS) is 10.1. The van der Waals surface area contributed by atoms with E-state index < -0.39 is 10.9 Å². The number of carbonyl (C=O) groups excluding carboxylic acids is 1. The predicted molar refractivity (Wildman–Crippen MR) is 74.9 cm³/mol. The fourth-order valence-corrected chi connectivity index (χ4v) is 1.97. The summed E-state index contributed by atoms with van der Waals surface area (Å²) in [5.41, 5.74) is 1.34. The van der Waals surface area contributed by atoms with Crippen molar-refractivity contribution in [1.29, 1.82) is 0 Å². The lowest BCUT2D eigenvalue weighted by Gasteiger charge is -2.05. The molecule has 5 nitrogen and oxygen atoms in total. The lowest BCUT2D eigenvalue weighted by Crippen LogP contribution is -2.00. The molecule has 6 heteroatoms. The van der Waals surface area contributed by atoms with Gasteiger partial charge in [0.05, 0.1) is 23.2 Å². The van der Waals surface area contributed by atoms with Crippen LogP contribution in [0.4, 0.5) is 5.69 Å². The van der Waals surface area contributed by atoms with Crippen molar-refractivity contribution in [2.24, 2.45) is 0 Å². The predicted octanol–water partition coefficient (Wildman–Crippen LogP) is 3.70. The van der Waals surface area contributed by atoms with Gasteiger partial charge in [-0.05, 0) is 29.8 Å². The molecule has 0 spiro atoms. The number of carbonyl (C=O) groups is 1. The van der Waals surface area contributed by atoms with Crippen molar-refractivity contribution in [2.45, 2.75) is 0 Å². The fourth-order valence-electron chi connectivity index (χ4n) is 1.80. The lowest BCUT2D eigenvalue weighted by molar-refractivity contribution is -0.384. The first-order chi connectivity index (χ1) is 9.52. The molecule has 0 saturated heterocycles. The Morgan fingerprint density at radius 3 is 2.40 bits per heavy atom. The number of halogens is 1. The van der Waals surface area contributed by atoms with Gasteiger partial charge in [-0.3, -0.25) is 10.1 Å². The van der Waals surface area contributed by atoms with E-state index in [4.69, 9.17) is 11.6 Å². The summed E-state index contributed by atoms with van der Waals surface area (Å²) in [6.07, 6.45) is 0. The Bertz CT molecular complexity index is 667. The van der Waals surface area contributed by atoms with Crippen LogP contribution in [0.15, 0.2) is 42.5 Å². The first kappa shape index (κ1) is 14.0. The van der Waals surface area contributed by atoms with Gasteiger partial charge in [-0.25, -0.2) is 4.79 Å². The third-order valence-electron chi connectivity index (χ3n) is 2.77. The first-order valence-corrected chi connectivity index (χ1v) is 6.03. The van der Waals surface area contributed by atoms with Crippen molar-refractivity contribution in [1.82, 2.24) is 0 Å². The molecule has 0 bridgehead atoms. The molecular formula is C14H10ClNO4. The Morgan fingerprint density at radius 1 is 1.20 bits per heavy atom. The number of benzene rings is 2. The minimum Gasteiger partial charge on any atom is -0.465 e. The van der Waals surface area contributed by atoms with Crippen LogP contribution in [-0.2, 0) is 4.74 Å². The van der Waals surface area contributed by atoms with Crippen LogP contribution in [-0.4, -0.2) is 18.0 Å². The zero-order valence-corrected chi connectivity index (χ0v) is 11.3. The Hall–Kier alpha value is -2.40. The molecule has 0 heterocycles. The average Bonchev–Trinajstić information content (AvgIpc) is 2.46. The molecule has 0 radical (unpaired) electrons. The summed E-state index contributed by atoms with van der Waals surface area (Å²) in [4.78, 5) is 21.9. The molecule has 0 aliphatic rings. The number of nitro benzene ring substituents is 1. The highest BCUT2D eigenvalue weighted by Crippen LogP contribution is 2.32. The summed E-state index contributed by atoms with van der Waals surface area (Å²) in [7, 11) is 1.29. The van der Waals surface area contributed by atoms with E-state index in [0.29, 0.717) is 21.7 Å². The van der Waals surface area contributed by atoms with Gasteiger partial charge in [0.25, 0.3) is 5.69 Å². The Morgan fingerprint density at radius 2 is 1.85 bits per heavy atom. The Labute approximate surface area is 119 Å². The molecule has 0 aliphatic carbocycles.